The Bertz CT molecular complexity index is 654. The highest BCUT2D eigenvalue weighted by Gasteiger charge is 2.21. The van der Waals surface area contributed by atoms with Crippen molar-refractivity contribution in [2.75, 3.05) is 10.6 Å². The summed E-state index contributed by atoms with van der Waals surface area (Å²) in [6.45, 7) is 3.97. The molecule has 5 heteroatoms. The highest BCUT2D eigenvalue weighted by atomic mass is 16.2. The molecule has 2 N–H and O–H groups in total. The van der Waals surface area contributed by atoms with Crippen LogP contribution < -0.4 is 10.6 Å². The molecule has 0 atom stereocenters. The fourth-order valence-electron chi connectivity index (χ4n) is 2.95. The Kier molecular flexibility index (Phi) is 4.13. The van der Waals surface area contributed by atoms with Crippen LogP contribution in [0.1, 0.15) is 43.0 Å². The lowest BCUT2D eigenvalue weighted by molar-refractivity contribution is 0.262. The second-order valence-corrected chi connectivity index (χ2v) is 6.00. The molecule has 2 aromatic rings. The Hall–Kier alpha value is -2.30. The standard InChI is InChI=1S/C17H22N4O/c1-12-7-9-14(10-8-12)18-17(22)19-16-11-13(2)20-21(16)15-5-3-4-6-15/h7-11,15H,3-6H2,1-2H3,(H2,18,19,22). The summed E-state index contributed by atoms with van der Waals surface area (Å²) in [5, 5.41) is 10.3. The smallest absolute Gasteiger partial charge is 0.308 e. The number of hydrogen-bond donors (Lipinski definition) is 2. The third-order valence-corrected chi connectivity index (χ3v) is 4.08. The van der Waals surface area contributed by atoms with E-state index in [4.69, 9.17) is 0 Å². The van der Waals surface area contributed by atoms with Gasteiger partial charge in [-0.1, -0.05) is 30.5 Å². The van der Waals surface area contributed by atoms with Gasteiger partial charge in [0.2, 0.25) is 0 Å². The van der Waals surface area contributed by atoms with Crippen LogP contribution in [0.15, 0.2) is 30.3 Å². The summed E-state index contributed by atoms with van der Waals surface area (Å²) >= 11 is 0. The van der Waals surface area contributed by atoms with E-state index in [0.29, 0.717) is 6.04 Å². The summed E-state index contributed by atoms with van der Waals surface area (Å²) in [5.74, 6) is 0.772. The lowest BCUT2D eigenvalue weighted by Crippen LogP contribution is -2.22. The van der Waals surface area contributed by atoms with Gasteiger partial charge in [0, 0.05) is 11.8 Å². The number of hydrogen-bond acceptors (Lipinski definition) is 2. The second kappa shape index (κ2) is 6.22. The number of carbonyl (C=O) groups excluding carboxylic acids is 1. The number of anilines is 2. The summed E-state index contributed by atoms with van der Waals surface area (Å²) in [4.78, 5) is 12.2. The van der Waals surface area contributed by atoms with Crippen molar-refractivity contribution in [3.05, 3.63) is 41.6 Å². The molecule has 1 aliphatic carbocycles. The molecular weight excluding hydrogens is 276 g/mol. The van der Waals surface area contributed by atoms with Crippen LogP contribution in [0.5, 0.6) is 0 Å². The average Bonchev–Trinajstić information content (AvgIpc) is 3.11. The molecule has 0 aliphatic heterocycles. The summed E-state index contributed by atoms with van der Waals surface area (Å²) in [6.07, 6.45) is 4.74. The minimum atomic E-state index is -0.233. The summed E-state index contributed by atoms with van der Waals surface area (Å²) in [5.41, 5.74) is 2.88. The average molecular weight is 298 g/mol. The van der Waals surface area contributed by atoms with Crippen molar-refractivity contribution in [1.82, 2.24) is 9.78 Å². The molecule has 0 bridgehead atoms. The Morgan fingerprint density at radius 3 is 2.50 bits per heavy atom. The maximum absolute atomic E-state index is 12.2. The van der Waals surface area contributed by atoms with Crippen molar-refractivity contribution in [2.24, 2.45) is 0 Å². The lowest BCUT2D eigenvalue weighted by Gasteiger charge is -2.15. The van der Waals surface area contributed by atoms with Gasteiger partial charge >= 0.3 is 6.03 Å². The molecule has 1 aromatic carbocycles. The Morgan fingerprint density at radius 2 is 1.82 bits per heavy atom. The molecule has 1 fully saturated rings. The number of aromatic nitrogens is 2. The molecule has 3 rings (SSSR count). The summed E-state index contributed by atoms with van der Waals surface area (Å²) in [7, 11) is 0. The third-order valence-electron chi connectivity index (χ3n) is 4.08. The lowest BCUT2D eigenvalue weighted by atomic mass is 10.2. The predicted molar refractivity (Wildman–Crippen MR) is 88.3 cm³/mol. The van der Waals surface area contributed by atoms with Crippen LogP contribution in [0, 0.1) is 13.8 Å². The van der Waals surface area contributed by atoms with E-state index in [1.165, 1.54) is 18.4 Å². The molecule has 0 radical (unpaired) electrons. The van der Waals surface area contributed by atoms with Gasteiger partial charge in [0.15, 0.2) is 0 Å². The van der Waals surface area contributed by atoms with Crippen molar-refractivity contribution in [2.45, 2.75) is 45.6 Å². The largest absolute Gasteiger partial charge is 0.324 e. The van der Waals surface area contributed by atoms with Gasteiger partial charge in [0.1, 0.15) is 5.82 Å². The van der Waals surface area contributed by atoms with Crippen molar-refractivity contribution in [3.63, 3.8) is 0 Å². The number of carbonyl (C=O) groups is 1. The topological polar surface area (TPSA) is 59.0 Å². The minimum Gasteiger partial charge on any atom is -0.308 e. The van der Waals surface area contributed by atoms with Crippen LogP contribution in [-0.4, -0.2) is 15.8 Å². The van der Waals surface area contributed by atoms with E-state index in [0.717, 1.165) is 30.0 Å². The SMILES string of the molecule is Cc1ccc(NC(=O)Nc2cc(C)nn2C2CCCC2)cc1. The monoisotopic (exact) mass is 298 g/mol. The maximum Gasteiger partial charge on any atom is 0.324 e. The van der Waals surface area contributed by atoms with Crippen LogP contribution in [0.4, 0.5) is 16.3 Å². The number of urea groups is 1. The zero-order chi connectivity index (χ0) is 15.5. The van der Waals surface area contributed by atoms with E-state index in [-0.39, 0.29) is 6.03 Å². The van der Waals surface area contributed by atoms with Crippen molar-refractivity contribution in [1.29, 1.82) is 0 Å². The zero-order valence-corrected chi connectivity index (χ0v) is 13.1. The highest BCUT2D eigenvalue weighted by Crippen LogP contribution is 2.31. The number of nitrogens with zero attached hydrogens (tertiary/aromatic N) is 2. The normalized spacial score (nSPS) is 15.0. The van der Waals surface area contributed by atoms with Gasteiger partial charge < -0.3 is 5.32 Å². The van der Waals surface area contributed by atoms with Gasteiger partial charge in [0.25, 0.3) is 0 Å². The second-order valence-electron chi connectivity index (χ2n) is 6.00. The van der Waals surface area contributed by atoms with Gasteiger partial charge in [-0.15, -0.1) is 0 Å². The molecule has 2 amide bonds. The molecule has 1 saturated carbocycles. The van der Waals surface area contributed by atoms with Gasteiger partial charge in [-0.25, -0.2) is 9.48 Å². The molecule has 1 heterocycles. The highest BCUT2D eigenvalue weighted by molar-refractivity contribution is 5.99. The first-order valence-corrected chi connectivity index (χ1v) is 7.82. The number of aryl methyl sites for hydroxylation is 2. The van der Waals surface area contributed by atoms with E-state index in [1.54, 1.807) is 0 Å². The first-order chi connectivity index (χ1) is 10.6. The first kappa shape index (κ1) is 14.6. The van der Waals surface area contributed by atoms with Gasteiger partial charge in [0.05, 0.1) is 11.7 Å². The van der Waals surface area contributed by atoms with Gasteiger partial charge in [-0.05, 0) is 38.8 Å². The van der Waals surface area contributed by atoms with Crippen LogP contribution in [0.2, 0.25) is 0 Å². The predicted octanol–water partition coefficient (Wildman–Crippen LogP) is 4.26. The molecule has 1 aliphatic rings. The maximum atomic E-state index is 12.2. The Labute approximate surface area is 130 Å². The van der Waals surface area contributed by atoms with Gasteiger partial charge in [-0.3, -0.25) is 5.32 Å². The summed E-state index contributed by atoms with van der Waals surface area (Å²) in [6, 6.07) is 9.84. The molecule has 5 nitrogen and oxygen atoms in total. The van der Waals surface area contributed by atoms with Crippen LogP contribution >= 0.6 is 0 Å². The van der Waals surface area contributed by atoms with Crippen LogP contribution in [-0.2, 0) is 0 Å². The minimum absolute atomic E-state index is 0.233. The molecule has 1 aromatic heterocycles. The van der Waals surface area contributed by atoms with E-state index < -0.39 is 0 Å². The molecule has 116 valence electrons. The number of amides is 2. The van der Waals surface area contributed by atoms with Crippen molar-refractivity contribution in [3.8, 4) is 0 Å². The van der Waals surface area contributed by atoms with E-state index >= 15 is 0 Å². The Morgan fingerprint density at radius 1 is 1.14 bits per heavy atom. The zero-order valence-electron chi connectivity index (χ0n) is 13.1. The first-order valence-electron chi connectivity index (χ1n) is 7.82. The third kappa shape index (κ3) is 3.30. The van der Waals surface area contributed by atoms with Crippen LogP contribution in [0.25, 0.3) is 0 Å². The fourth-order valence-corrected chi connectivity index (χ4v) is 2.95. The quantitative estimate of drug-likeness (QED) is 0.889. The van der Waals surface area contributed by atoms with Gasteiger partial charge in [-0.2, -0.15) is 5.10 Å². The molecule has 0 spiro atoms. The van der Waals surface area contributed by atoms with Crippen LogP contribution in [0.3, 0.4) is 0 Å². The van der Waals surface area contributed by atoms with E-state index in [9.17, 15) is 4.79 Å². The molecule has 0 unspecified atom stereocenters. The molecule has 0 saturated heterocycles. The number of nitrogens with one attached hydrogen (secondary N) is 2. The van der Waals surface area contributed by atoms with E-state index in [2.05, 4.69) is 15.7 Å². The van der Waals surface area contributed by atoms with Crippen molar-refractivity contribution >= 4 is 17.5 Å². The molecule has 22 heavy (non-hydrogen) atoms. The Balaban J connectivity index is 1.69. The fraction of sp³-hybridized carbons (Fsp3) is 0.412. The number of rotatable bonds is 3. The number of benzene rings is 1. The summed E-state index contributed by atoms with van der Waals surface area (Å²) < 4.78 is 1.97. The molecular formula is C17H22N4O. The van der Waals surface area contributed by atoms with E-state index in [1.807, 2.05) is 48.9 Å². The van der Waals surface area contributed by atoms with Crippen molar-refractivity contribution < 1.29 is 4.79 Å².